The highest BCUT2D eigenvalue weighted by atomic mass is 16.7. The highest BCUT2D eigenvalue weighted by Gasteiger charge is 2.44. The lowest BCUT2D eigenvalue weighted by molar-refractivity contribution is -0.305. The topological polar surface area (TPSA) is 152 Å². The molecule has 1 aliphatic heterocycles. The Bertz CT molecular complexity index is 907. The summed E-state index contributed by atoms with van der Waals surface area (Å²) in [5.41, 5.74) is 0. The van der Waals surface area contributed by atoms with E-state index in [4.69, 9.17) is 18.9 Å². The lowest BCUT2D eigenvalue weighted by atomic mass is 9.99. The van der Waals surface area contributed by atoms with E-state index < -0.39 is 49.4 Å². The minimum atomic E-state index is -1.59. The molecule has 52 heavy (non-hydrogen) atoms. The highest BCUT2D eigenvalue weighted by Crippen LogP contribution is 2.22. The first kappa shape index (κ1) is 48.2. The molecule has 0 aromatic heterocycles. The van der Waals surface area contributed by atoms with Gasteiger partial charge in [0.05, 0.1) is 13.2 Å². The summed E-state index contributed by atoms with van der Waals surface area (Å²) in [5.74, 6) is -0.826. The fourth-order valence-corrected chi connectivity index (χ4v) is 6.18. The molecule has 6 atom stereocenters. The van der Waals surface area contributed by atoms with Crippen molar-refractivity contribution in [1.29, 1.82) is 0 Å². The van der Waals surface area contributed by atoms with E-state index in [0.717, 1.165) is 70.6 Å². The van der Waals surface area contributed by atoms with E-state index >= 15 is 0 Å². The van der Waals surface area contributed by atoms with Gasteiger partial charge in [-0.15, -0.1) is 0 Å². The number of unbranched alkanes of at least 4 members (excludes halogenated alkanes) is 19. The van der Waals surface area contributed by atoms with Gasteiger partial charge >= 0.3 is 11.9 Å². The Balaban J connectivity index is 2.38. The van der Waals surface area contributed by atoms with Crippen LogP contribution in [0.2, 0.25) is 0 Å². The molecule has 1 fully saturated rings. The van der Waals surface area contributed by atoms with Crippen LogP contribution in [-0.2, 0) is 28.5 Å². The van der Waals surface area contributed by atoms with Crippen LogP contribution in [0, 0.1) is 0 Å². The van der Waals surface area contributed by atoms with Crippen molar-refractivity contribution in [2.75, 3.05) is 19.8 Å². The van der Waals surface area contributed by atoms with Crippen molar-refractivity contribution < 1.29 is 49.0 Å². The number of carbonyl (C=O) groups excluding carboxylic acids is 2. The third kappa shape index (κ3) is 25.2. The largest absolute Gasteiger partial charge is 0.462 e. The molecule has 0 amide bonds. The van der Waals surface area contributed by atoms with Crippen molar-refractivity contribution in [2.24, 2.45) is 0 Å². The molecule has 2 unspecified atom stereocenters. The third-order valence-corrected chi connectivity index (χ3v) is 9.56. The number of aliphatic hydroxyl groups excluding tert-OH is 4. The number of hydrogen-bond donors (Lipinski definition) is 4. The molecule has 0 aromatic rings. The van der Waals surface area contributed by atoms with E-state index in [2.05, 4.69) is 38.2 Å². The number of ether oxygens (including phenoxy) is 4. The zero-order valence-corrected chi connectivity index (χ0v) is 32.8. The van der Waals surface area contributed by atoms with Crippen LogP contribution in [0.3, 0.4) is 0 Å². The SMILES string of the molecule is CCCCCC/C=C/CCCCCCCC(=O)O[C@@H](COC(=O)CCCCCCC/C=C/CCCCCCC)CO[C@H]1O[C@@H](CO)[C@@H](O)C(O)C1O. The minimum absolute atomic E-state index is 0.219. The first-order valence-electron chi connectivity index (χ1n) is 20.9. The molecule has 4 N–H and O–H groups in total. The number of aliphatic hydroxyl groups is 4. The van der Waals surface area contributed by atoms with E-state index in [-0.39, 0.29) is 32.0 Å². The predicted molar refractivity (Wildman–Crippen MR) is 206 cm³/mol. The van der Waals surface area contributed by atoms with E-state index in [0.29, 0.717) is 12.8 Å². The molecule has 1 rings (SSSR count). The minimum Gasteiger partial charge on any atom is -0.462 e. The molecule has 10 heteroatoms. The third-order valence-electron chi connectivity index (χ3n) is 9.56. The predicted octanol–water partition coefficient (Wildman–Crippen LogP) is 8.16. The lowest BCUT2D eigenvalue weighted by Crippen LogP contribution is -2.59. The summed E-state index contributed by atoms with van der Waals surface area (Å²) in [4.78, 5) is 25.2. The summed E-state index contributed by atoms with van der Waals surface area (Å²) < 4.78 is 22.1. The van der Waals surface area contributed by atoms with Crippen LogP contribution in [0.15, 0.2) is 24.3 Å². The van der Waals surface area contributed by atoms with Crippen LogP contribution in [0.4, 0.5) is 0 Å². The molecule has 10 nitrogen and oxygen atoms in total. The number of carbonyl (C=O) groups is 2. The fourth-order valence-electron chi connectivity index (χ4n) is 6.18. The molecule has 1 aliphatic rings. The van der Waals surface area contributed by atoms with Gasteiger partial charge in [-0.2, -0.15) is 0 Å². The second-order valence-corrected chi connectivity index (χ2v) is 14.4. The first-order valence-corrected chi connectivity index (χ1v) is 20.9. The van der Waals surface area contributed by atoms with Crippen LogP contribution in [0.1, 0.15) is 174 Å². The van der Waals surface area contributed by atoms with Crippen LogP contribution in [0.5, 0.6) is 0 Å². The first-order chi connectivity index (χ1) is 25.3. The Morgan fingerprint density at radius 3 is 1.52 bits per heavy atom. The second-order valence-electron chi connectivity index (χ2n) is 14.4. The molecule has 0 aliphatic carbocycles. The van der Waals surface area contributed by atoms with Gasteiger partial charge in [0.1, 0.15) is 31.0 Å². The Kier molecular flexibility index (Phi) is 31.3. The number of hydrogen-bond acceptors (Lipinski definition) is 10. The maximum Gasteiger partial charge on any atom is 0.306 e. The molecule has 304 valence electrons. The molecule has 0 spiro atoms. The average molecular weight is 741 g/mol. The van der Waals surface area contributed by atoms with E-state index in [1.54, 1.807) is 0 Å². The van der Waals surface area contributed by atoms with Gasteiger partial charge in [-0.05, 0) is 64.2 Å². The molecule has 0 radical (unpaired) electrons. The monoisotopic (exact) mass is 741 g/mol. The quantitative estimate of drug-likeness (QED) is 0.0289. The summed E-state index contributed by atoms with van der Waals surface area (Å²) in [6.45, 7) is 3.37. The molecular formula is C42H76O10. The lowest BCUT2D eigenvalue weighted by Gasteiger charge is -2.39. The van der Waals surface area contributed by atoms with Crippen molar-refractivity contribution in [2.45, 2.75) is 211 Å². The van der Waals surface area contributed by atoms with Gasteiger partial charge in [0, 0.05) is 12.8 Å². The van der Waals surface area contributed by atoms with E-state index in [1.165, 1.54) is 64.2 Å². The molecule has 0 bridgehead atoms. The van der Waals surface area contributed by atoms with Crippen molar-refractivity contribution in [3.8, 4) is 0 Å². The molecule has 1 heterocycles. The number of allylic oxidation sites excluding steroid dienone is 4. The van der Waals surface area contributed by atoms with E-state index in [9.17, 15) is 30.0 Å². The second kappa shape index (κ2) is 33.7. The van der Waals surface area contributed by atoms with Gasteiger partial charge in [0.15, 0.2) is 12.4 Å². The van der Waals surface area contributed by atoms with Crippen LogP contribution < -0.4 is 0 Å². The van der Waals surface area contributed by atoms with Crippen molar-refractivity contribution in [1.82, 2.24) is 0 Å². The van der Waals surface area contributed by atoms with Gasteiger partial charge in [-0.3, -0.25) is 9.59 Å². The van der Waals surface area contributed by atoms with Crippen molar-refractivity contribution in [3.05, 3.63) is 24.3 Å². The Labute approximate surface area is 315 Å². The maximum atomic E-state index is 12.7. The summed E-state index contributed by atoms with van der Waals surface area (Å²) in [5, 5.41) is 40.0. The van der Waals surface area contributed by atoms with Crippen LogP contribution >= 0.6 is 0 Å². The van der Waals surface area contributed by atoms with Crippen LogP contribution in [-0.4, -0.2) is 89.0 Å². The maximum absolute atomic E-state index is 12.7. The standard InChI is InChI=1S/C42H76O10/c1-3-5-7-9-11-13-15-17-19-20-22-24-26-28-30-37(44)49-33-35(34-50-42-41(48)40(47)39(46)36(32-43)52-42)51-38(45)31-29-27-25-23-21-18-16-14-12-10-8-6-4-2/h14-17,35-36,39-43,46-48H,3-13,18-34H2,1-2H3/b16-14+,17-15+/t35-,36-,39+,40?,41?,42-/m0/s1. The summed E-state index contributed by atoms with van der Waals surface area (Å²) in [7, 11) is 0. The summed E-state index contributed by atoms with van der Waals surface area (Å²) in [6.07, 6.45) is 27.5. The van der Waals surface area contributed by atoms with Crippen molar-refractivity contribution >= 4 is 11.9 Å². The zero-order chi connectivity index (χ0) is 38.1. The zero-order valence-electron chi connectivity index (χ0n) is 32.8. The van der Waals surface area contributed by atoms with Gasteiger partial charge < -0.3 is 39.4 Å². The number of esters is 2. The Hall–Kier alpha value is -1.82. The van der Waals surface area contributed by atoms with Crippen molar-refractivity contribution in [3.63, 3.8) is 0 Å². The van der Waals surface area contributed by atoms with Crippen LogP contribution in [0.25, 0.3) is 0 Å². The summed E-state index contributed by atoms with van der Waals surface area (Å²) >= 11 is 0. The van der Waals surface area contributed by atoms with Gasteiger partial charge in [0.25, 0.3) is 0 Å². The Morgan fingerprint density at radius 2 is 1.02 bits per heavy atom. The van der Waals surface area contributed by atoms with E-state index in [1.807, 2.05) is 0 Å². The Morgan fingerprint density at radius 1 is 0.577 bits per heavy atom. The highest BCUT2D eigenvalue weighted by molar-refractivity contribution is 5.70. The molecule has 0 saturated carbocycles. The molecule has 0 aromatic carbocycles. The van der Waals surface area contributed by atoms with Gasteiger partial charge in [-0.25, -0.2) is 0 Å². The molecular weight excluding hydrogens is 664 g/mol. The fraction of sp³-hybridized carbons (Fsp3) is 0.857. The smallest absolute Gasteiger partial charge is 0.306 e. The summed E-state index contributed by atoms with van der Waals surface area (Å²) in [6, 6.07) is 0. The normalized spacial score (nSPS) is 21.2. The van der Waals surface area contributed by atoms with Gasteiger partial charge in [0.2, 0.25) is 0 Å². The molecule has 1 saturated heterocycles. The van der Waals surface area contributed by atoms with Gasteiger partial charge in [-0.1, -0.05) is 122 Å². The average Bonchev–Trinajstić information content (AvgIpc) is 3.14. The number of rotatable bonds is 34.